The molecular weight excluding hydrogens is 354 g/mol. The second-order valence-corrected chi connectivity index (χ2v) is 7.05. The van der Waals surface area contributed by atoms with Gasteiger partial charge in [0, 0.05) is 17.8 Å². The predicted molar refractivity (Wildman–Crippen MR) is 107 cm³/mol. The lowest BCUT2D eigenvalue weighted by Crippen LogP contribution is -2.43. The highest BCUT2D eigenvalue weighted by Crippen LogP contribution is 2.18. The van der Waals surface area contributed by atoms with Gasteiger partial charge in [0.15, 0.2) is 12.4 Å². The number of rotatable bonds is 7. The van der Waals surface area contributed by atoms with Crippen LogP contribution in [0.1, 0.15) is 42.2 Å². The van der Waals surface area contributed by atoms with E-state index in [0.717, 1.165) is 38.0 Å². The molecule has 1 aromatic carbocycles. The largest absolute Gasteiger partial charge is 0.484 e. The first-order valence-electron chi connectivity index (χ1n) is 9.77. The van der Waals surface area contributed by atoms with Crippen LogP contribution in [0.3, 0.4) is 0 Å². The number of ether oxygens (including phenoxy) is 1. The van der Waals surface area contributed by atoms with Crippen LogP contribution in [0.2, 0.25) is 0 Å². The van der Waals surface area contributed by atoms with E-state index >= 15 is 0 Å². The highest BCUT2D eigenvalue weighted by Gasteiger charge is 2.25. The van der Waals surface area contributed by atoms with Crippen molar-refractivity contribution < 1.29 is 14.3 Å². The summed E-state index contributed by atoms with van der Waals surface area (Å²) in [5.41, 5.74) is 1.44. The van der Waals surface area contributed by atoms with Gasteiger partial charge in [-0.3, -0.25) is 14.6 Å². The topological polar surface area (TPSA) is 71.5 Å². The van der Waals surface area contributed by atoms with Crippen LogP contribution in [0.5, 0.6) is 5.75 Å². The van der Waals surface area contributed by atoms with E-state index in [1.165, 1.54) is 6.92 Å². The molecule has 1 N–H and O–H groups in total. The van der Waals surface area contributed by atoms with Crippen LogP contribution in [0.25, 0.3) is 0 Å². The molecule has 6 heteroatoms. The first kappa shape index (κ1) is 20.0. The molecule has 1 aliphatic rings. The summed E-state index contributed by atoms with van der Waals surface area (Å²) < 4.78 is 5.72. The second-order valence-electron chi connectivity index (χ2n) is 7.05. The van der Waals surface area contributed by atoms with E-state index in [0.29, 0.717) is 17.9 Å². The van der Waals surface area contributed by atoms with Crippen LogP contribution in [0.4, 0.5) is 0 Å². The fourth-order valence-corrected chi connectivity index (χ4v) is 3.43. The molecule has 0 aliphatic carbocycles. The van der Waals surface area contributed by atoms with E-state index in [-0.39, 0.29) is 24.3 Å². The van der Waals surface area contributed by atoms with Crippen molar-refractivity contribution in [2.75, 3.05) is 19.7 Å². The highest BCUT2D eigenvalue weighted by atomic mass is 16.5. The molecule has 148 valence electrons. The Kier molecular flexibility index (Phi) is 7.14. The first-order chi connectivity index (χ1) is 13.6. The number of nitrogens with zero attached hydrogens (tertiary/aromatic N) is 2. The van der Waals surface area contributed by atoms with E-state index in [2.05, 4.69) is 10.3 Å². The maximum Gasteiger partial charge on any atom is 0.261 e. The number of nitrogens with one attached hydrogen (secondary N) is 1. The third kappa shape index (κ3) is 5.63. The Bertz CT molecular complexity index is 787. The van der Waals surface area contributed by atoms with Crippen molar-refractivity contribution in [2.45, 2.75) is 38.8 Å². The quantitative estimate of drug-likeness (QED) is 0.747. The Balaban J connectivity index is 1.70. The minimum atomic E-state index is -0.0641. The van der Waals surface area contributed by atoms with Gasteiger partial charge < -0.3 is 15.0 Å². The normalized spacial score (nSPS) is 16.8. The Morgan fingerprint density at radius 3 is 2.86 bits per heavy atom. The number of Topliss-reactive ketones (excluding diaryl/α,β-unsaturated/α-hetero) is 1. The van der Waals surface area contributed by atoms with Crippen molar-refractivity contribution in [2.24, 2.45) is 0 Å². The van der Waals surface area contributed by atoms with Crippen LogP contribution >= 0.6 is 0 Å². The lowest BCUT2D eigenvalue weighted by Gasteiger charge is -2.31. The van der Waals surface area contributed by atoms with Crippen LogP contribution in [-0.2, 0) is 11.3 Å². The monoisotopic (exact) mass is 381 g/mol. The molecule has 0 spiro atoms. The van der Waals surface area contributed by atoms with Crippen molar-refractivity contribution in [3.05, 3.63) is 59.9 Å². The highest BCUT2D eigenvalue weighted by molar-refractivity contribution is 5.94. The summed E-state index contributed by atoms with van der Waals surface area (Å²) in [6.45, 7) is 3.81. The second kappa shape index (κ2) is 9.99. The molecule has 3 rings (SSSR count). The minimum absolute atomic E-state index is 0.0282. The van der Waals surface area contributed by atoms with E-state index in [9.17, 15) is 9.59 Å². The SMILES string of the molecule is CC(=O)c1cccc(OCC(=O)N(Cc2ccccn2)C2CCCNCC2)c1. The zero-order chi connectivity index (χ0) is 19.8. The van der Waals surface area contributed by atoms with Crippen molar-refractivity contribution in [3.63, 3.8) is 0 Å². The third-order valence-corrected chi connectivity index (χ3v) is 4.97. The minimum Gasteiger partial charge on any atom is -0.484 e. The van der Waals surface area contributed by atoms with Gasteiger partial charge in [0.05, 0.1) is 12.2 Å². The molecule has 0 radical (unpaired) electrons. The Hall–Kier alpha value is -2.73. The molecule has 2 aromatic rings. The molecule has 1 amide bonds. The molecule has 1 aromatic heterocycles. The molecule has 1 atom stereocenters. The summed E-state index contributed by atoms with van der Waals surface area (Å²) in [5.74, 6) is 0.437. The average Bonchev–Trinajstić information content (AvgIpc) is 3.00. The molecule has 0 bridgehead atoms. The number of hydrogen-bond donors (Lipinski definition) is 1. The molecule has 1 saturated heterocycles. The number of ketones is 1. The van der Waals surface area contributed by atoms with Gasteiger partial charge in [-0.05, 0) is 63.5 Å². The molecule has 28 heavy (non-hydrogen) atoms. The van der Waals surface area contributed by atoms with Crippen LogP contribution in [-0.4, -0.2) is 47.3 Å². The Labute approximate surface area is 165 Å². The van der Waals surface area contributed by atoms with E-state index < -0.39 is 0 Å². The van der Waals surface area contributed by atoms with Gasteiger partial charge in [-0.25, -0.2) is 0 Å². The van der Waals surface area contributed by atoms with Crippen LogP contribution in [0.15, 0.2) is 48.7 Å². The number of carbonyl (C=O) groups is 2. The van der Waals surface area contributed by atoms with Crippen molar-refractivity contribution in [3.8, 4) is 5.75 Å². The number of hydrogen-bond acceptors (Lipinski definition) is 5. The number of benzene rings is 1. The van der Waals surface area contributed by atoms with Gasteiger partial charge in [0.25, 0.3) is 5.91 Å². The van der Waals surface area contributed by atoms with Gasteiger partial charge in [-0.1, -0.05) is 18.2 Å². The number of pyridine rings is 1. The number of aromatic nitrogens is 1. The van der Waals surface area contributed by atoms with E-state index in [4.69, 9.17) is 4.74 Å². The zero-order valence-corrected chi connectivity index (χ0v) is 16.3. The van der Waals surface area contributed by atoms with Gasteiger partial charge in [-0.15, -0.1) is 0 Å². The van der Waals surface area contributed by atoms with Crippen LogP contribution in [0, 0.1) is 0 Å². The van der Waals surface area contributed by atoms with E-state index in [1.807, 2.05) is 23.1 Å². The predicted octanol–water partition coefficient (Wildman–Crippen LogP) is 2.83. The lowest BCUT2D eigenvalue weighted by atomic mass is 10.1. The fourth-order valence-electron chi connectivity index (χ4n) is 3.43. The van der Waals surface area contributed by atoms with Gasteiger partial charge in [0.1, 0.15) is 5.75 Å². The number of carbonyl (C=O) groups excluding carboxylic acids is 2. The Morgan fingerprint density at radius 2 is 2.07 bits per heavy atom. The van der Waals surface area contributed by atoms with Gasteiger partial charge in [-0.2, -0.15) is 0 Å². The van der Waals surface area contributed by atoms with Crippen LogP contribution < -0.4 is 10.1 Å². The first-order valence-corrected chi connectivity index (χ1v) is 9.77. The van der Waals surface area contributed by atoms with E-state index in [1.54, 1.807) is 30.5 Å². The molecule has 2 heterocycles. The molecule has 0 saturated carbocycles. The third-order valence-electron chi connectivity index (χ3n) is 4.97. The molecular formula is C22H27N3O3. The molecule has 1 aliphatic heterocycles. The smallest absolute Gasteiger partial charge is 0.261 e. The van der Waals surface area contributed by atoms with Gasteiger partial charge in [0.2, 0.25) is 0 Å². The summed E-state index contributed by atoms with van der Waals surface area (Å²) in [6, 6.07) is 12.8. The average molecular weight is 381 g/mol. The molecule has 1 unspecified atom stereocenters. The maximum absolute atomic E-state index is 13.0. The maximum atomic E-state index is 13.0. The zero-order valence-electron chi connectivity index (χ0n) is 16.3. The summed E-state index contributed by atoms with van der Waals surface area (Å²) in [5, 5.41) is 3.39. The standard InChI is InChI=1S/C22H27N3O3/c1-17(26)18-6-4-9-21(14-18)28-16-22(27)25(15-19-7-2-3-12-24-19)20-8-5-11-23-13-10-20/h2-4,6-7,9,12,14,20,23H,5,8,10-11,13,15-16H2,1H3. The van der Waals surface area contributed by atoms with Crippen molar-refractivity contribution in [1.29, 1.82) is 0 Å². The summed E-state index contributed by atoms with van der Waals surface area (Å²) in [4.78, 5) is 30.9. The summed E-state index contributed by atoms with van der Waals surface area (Å²) in [6.07, 6.45) is 4.67. The summed E-state index contributed by atoms with van der Waals surface area (Å²) in [7, 11) is 0. The fraction of sp³-hybridized carbons (Fsp3) is 0.409. The Morgan fingerprint density at radius 1 is 1.18 bits per heavy atom. The lowest BCUT2D eigenvalue weighted by molar-refractivity contribution is -0.136. The molecule has 6 nitrogen and oxygen atoms in total. The van der Waals surface area contributed by atoms with Crippen molar-refractivity contribution >= 4 is 11.7 Å². The van der Waals surface area contributed by atoms with Crippen molar-refractivity contribution in [1.82, 2.24) is 15.2 Å². The number of amides is 1. The van der Waals surface area contributed by atoms with Gasteiger partial charge >= 0.3 is 0 Å². The molecule has 1 fully saturated rings. The summed E-state index contributed by atoms with van der Waals surface area (Å²) >= 11 is 0.